The van der Waals surface area contributed by atoms with Crippen LogP contribution in [0, 0.1) is 6.92 Å². The van der Waals surface area contributed by atoms with E-state index in [1.165, 1.54) is 17.3 Å². The van der Waals surface area contributed by atoms with E-state index in [0.717, 1.165) is 5.56 Å². The van der Waals surface area contributed by atoms with Gasteiger partial charge >= 0.3 is 0 Å². The maximum absolute atomic E-state index is 12.0. The van der Waals surface area contributed by atoms with Crippen LogP contribution in [-0.4, -0.2) is 54.5 Å². The van der Waals surface area contributed by atoms with E-state index < -0.39 is 0 Å². The molecule has 126 valence electrons. The van der Waals surface area contributed by atoms with Crippen molar-refractivity contribution in [3.63, 3.8) is 0 Å². The summed E-state index contributed by atoms with van der Waals surface area (Å²) in [5.74, 6) is 0.675. The Balaban J connectivity index is 1.68. The Kier molecular flexibility index (Phi) is 6.92. The monoisotopic (exact) mass is 336 g/mol. The number of hydrogen-bond donors (Lipinski definition) is 1. The number of nitrogens with one attached hydrogen (secondary N) is 1. The fourth-order valence-corrected chi connectivity index (χ4v) is 3.08. The molecule has 1 aromatic rings. The van der Waals surface area contributed by atoms with Crippen molar-refractivity contribution in [3.05, 3.63) is 35.4 Å². The van der Waals surface area contributed by atoms with Gasteiger partial charge in [-0.2, -0.15) is 0 Å². The third kappa shape index (κ3) is 5.88. The molecule has 1 saturated heterocycles. The zero-order chi connectivity index (χ0) is 16.7. The van der Waals surface area contributed by atoms with Crippen molar-refractivity contribution in [2.24, 2.45) is 0 Å². The minimum atomic E-state index is -0.0437. The highest BCUT2D eigenvalue weighted by atomic mass is 32.2. The van der Waals surface area contributed by atoms with Crippen molar-refractivity contribution in [3.8, 4) is 0 Å². The van der Waals surface area contributed by atoms with Crippen molar-refractivity contribution in [2.45, 2.75) is 19.9 Å². The number of nitrogens with zero attached hydrogens (tertiary/aromatic N) is 1. The first-order chi connectivity index (χ1) is 11.1. The van der Waals surface area contributed by atoms with Gasteiger partial charge in [-0.05, 0) is 19.4 Å². The maximum atomic E-state index is 12.0. The van der Waals surface area contributed by atoms with Crippen molar-refractivity contribution >= 4 is 23.6 Å². The average molecular weight is 336 g/mol. The zero-order valence-corrected chi connectivity index (χ0v) is 14.5. The summed E-state index contributed by atoms with van der Waals surface area (Å²) in [7, 11) is 0. The van der Waals surface area contributed by atoms with Gasteiger partial charge in [-0.1, -0.05) is 29.8 Å². The molecule has 23 heavy (non-hydrogen) atoms. The molecule has 0 aliphatic carbocycles. The predicted molar refractivity (Wildman–Crippen MR) is 92.5 cm³/mol. The number of rotatable bonds is 6. The second-order valence-electron chi connectivity index (χ2n) is 5.69. The lowest BCUT2D eigenvalue weighted by molar-refractivity contribution is -0.132. The van der Waals surface area contributed by atoms with Gasteiger partial charge in [0, 0.05) is 13.1 Å². The molecule has 6 heteroatoms. The standard InChI is InChI=1S/C17H24N2O3S/c1-13-3-5-15(6-4-13)14(2)18-16(20)11-23-12-17(21)19-7-9-22-10-8-19/h3-6,14H,7-12H2,1-2H3,(H,18,20)/t14-/m1/s1. The number of ether oxygens (including phenoxy) is 1. The molecule has 0 bridgehead atoms. The quantitative estimate of drug-likeness (QED) is 0.860. The van der Waals surface area contributed by atoms with Gasteiger partial charge < -0.3 is 15.0 Å². The van der Waals surface area contributed by atoms with Crippen LogP contribution >= 0.6 is 11.8 Å². The Bertz CT molecular complexity index is 527. The maximum Gasteiger partial charge on any atom is 0.232 e. The molecule has 0 aromatic heterocycles. The molecular weight excluding hydrogens is 312 g/mol. The van der Waals surface area contributed by atoms with Crippen LogP contribution in [-0.2, 0) is 14.3 Å². The number of morpholine rings is 1. The fraction of sp³-hybridized carbons (Fsp3) is 0.529. The van der Waals surface area contributed by atoms with Gasteiger partial charge in [0.25, 0.3) is 0 Å². The Morgan fingerprint density at radius 2 is 1.87 bits per heavy atom. The molecule has 1 fully saturated rings. The largest absolute Gasteiger partial charge is 0.378 e. The molecule has 1 aliphatic rings. The van der Waals surface area contributed by atoms with Crippen molar-refractivity contribution in [1.29, 1.82) is 0 Å². The van der Waals surface area contributed by atoms with E-state index >= 15 is 0 Å². The van der Waals surface area contributed by atoms with Gasteiger partial charge in [0.2, 0.25) is 11.8 Å². The van der Waals surface area contributed by atoms with Crippen molar-refractivity contribution in [2.75, 3.05) is 37.8 Å². The average Bonchev–Trinajstić information content (AvgIpc) is 2.56. The van der Waals surface area contributed by atoms with Crippen LogP contribution in [0.1, 0.15) is 24.1 Å². The van der Waals surface area contributed by atoms with Crippen LogP contribution in [0.25, 0.3) is 0 Å². The molecule has 0 spiro atoms. The summed E-state index contributed by atoms with van der Waals surface area (Å²) in [6, 6.07) is 8.09. The number of thioether (sulfide) groups is 1. The lowest BCUT2D eigenvalue weighted by atomic mass is 10.1. The SMILES string of the molecule is Cc1ccc([C@@H](C)NC(=O)CSCC(=O)N2CCOCC2)cc1. The smallest absolute Gasteiger partial charge is 0.232 e. The number of benzene rings is 1. The molecule has 1 aliphatic heterocycles. The third-order valence-electron chi connectivity index (χ3n) is 3.78. The lowest BCUT2D eigenvalue weighted by Crippen LogP contribution is -2.41. The molecule has 1 atom stereocenters. The van der Waals surface area contributed by atoms with E-state index in [0.29, 0.717) is 37.8 Å². The highest BCUT2D eigenvalue weighted by molar-refractivity contribution is 8.00. The molecule has 5 nitrogen and oxygen atoms in total. The van der Waals surface area contributed by atoms with Gasteiger partial charge in [0.15, 0.2) is 0 Å². The van der Waals surface area contributed by atoms with E-state index in [9.17, 15) is 9.59 Å². The molecule has 1 N–H and O–H groups in total. The van der Waals surface area contributed by atoms with E-state index in [-0.39, 0.29) is 17.9 Å². The Labute approximate surface area is 141 Å². The number of carbonyl (C=O) groups excluding carboxylic acids is 2. The van der Waals surface area contributed by atoms with Crippen LogP contribution < -0.4 is 5.32 Å². The molecule has 0 unspecified atom stereocenters. The van der Waals surface area contributed by atoms with Crippen LogP contribution in [0.15, 0.2) is 24.3 Å². The highest BCUT2D eigenvalue weighted by Crippen LogP contribution is 2.13. The lowest BCUT2D eigenvalue weighted by Gasteiger charge is -2.26. The Hall–Kier alpha value is -1.53. The fourth-order valence-electron chi connectivity index (χ4n) is 2.36. The highest BCUT2D eigenvalue weighted by Gasteiger charge is 2.17. The number of carbonyl (C=O) groups is 2. The van der Waals surface area contributed by atoms with E-state index in [2.05, 4.69) is 5.32 Å². The van der Waals surface area contributed by atoms with E-state index in [4.69, 9.17) is 4.74 Å². The predicted octanol–water partition coefficient (Wildman–Crippen LogP) is 1.76. The number of amides is 2. The van der Waals surface area contributed by atoms with E-state index in [1.807, 2.05) is 38.1 Å². The first-order valence-electron chi connectivity index (χ1n) is 7.85. The molecule has 0 saturated carbocycles. The summed E-state index contributed by atoms with van der Waals surface area (Å²) in [6.45, 7) is 6.50. The summed E-state index contributed by atoms with van der Waals surface area (Å²) in [5.41, 5.74) is 2.28. The van der Waals surface area contributed by atoms with Crippen molar-refractivity contribution in [1.82, 2.24) is 10.2 Å². The third-order valence-corrected chi connectivity index (χ3v) is 4.69. The summed E-state index contributed by atoms with van der Waals surface area (Å²) in [4.78, 5) is 25.7. The van der Waals surface area contributed by atoms with Gasteiger partial charge in [0.1, 0.15) is 0 Å². The van der Waals surface area contributed by atoms with Crippen LogP contribution in [0.5, 0.6) is 0 Å². The normalized spacial score (nSPS) is 16.0. The molecule has 1 heterocycles. The number of aryl methyl sites for hydroxylation is 1. The minimum Gasteiger partial charge on any atom is -0.378 e. The summed E-state index contributed by atoms with van der Waals surface area (Å²) < 4.78 is 5.22. The number of hydrogen-bond acceptors (Lipinski definition) is 4. The molecule has 1 aromatic carbocycles. The molecular formula is C17H24N2O3S. The molecule has 2 rings (SSSR count). The van der Waals surface area contributed by atoms with E-state index in [1.54, 1.807) is 4.90 Å². The van der Waals surface area contributed by atoms with Gasteiger partial charge in [-0.15, -0.1) is 11.8 Å². The Morgan fingerprint density at radius 3 is 2.52 bits per heavy atom. The second kappa shape index (κ2) is 8.93. The van der Waals surface area contributed by atoms with Crippen LogP contribution in [0.3, 0.4) is 0 Å². The second-order valence-corrected chi connectivity index (χ2v) is 6.67. The van der Waals surface area contributed by atoms with Crippen LogP contribution in [0.2, 0.25) is 0 Å². The first kappa shape index (κ1) is 17.8. The first-order valence-corrected chi connectivity index (χ1v) is 9.01. The summed E-state index contributed by atoms with van der Waals surface area (Å²) in [5, 5.41) is 2.96. The van der Waals surface area contributed by atoms with Gasteiger partial charge in [-0.25, -0.2) is 0 Å². The molecule has 0 radical (unpaired) electrons. The molecule has 2 amide bonds. The summed E-state index contributed by atoms with van der Waals surface area (Å²) in [6.07, 6.45) is 0. The Morgan fingerprint density at radius 1 is 1.22 bits per heavy atom. The minimum absolute atomic E-state index is 0.0290. The van der Waals surface area contributed by atoms with Crippen LogP contribution in [0.4, 0.5) is 0 Å². The zero-order valence-electron chi connectivity index (χ0n) is 13.7. The van der Waals surface area contributed by atoms with Crippen molar-refractivity contribution < 1.29 is 14.3 Å². The summed E-state index contributed by atoms with van der Waals surface area (Å²) >= 11 is 1.36. The van der Waals surface area contributed by atoms with Gasteiger partial charge in [0.05, 0.1) is 30.8 Å². The van der Waals surface area contributed by atoms with Gasteiger partial charge in [-0.3, -0.25) is 9.59 Å². The topological polar surface area (TPSA) is 58.6 Å².